The lowest BCUT2D eigenvalue weighted by Crippen LogP contribution is -2.45. The minimum absolute atomic E-state index is 0.0643. The summed E-state index contributed by atoms with van der Waals surface area (Å²) in [5.41, 5.74) is 2.77. The van der Waals surface area contributed by atoms with Crippen molar-refractivity contribution in [3.63, 3.8) is 0 Å². The van der Waals surface area contributed by atoms with E-state index in [9.17, 15) is 31.5 Å². The molecule has 3 aromatic rings. The van der Waals surface area contributed by atoms with Crippen molar-refractivity contribution in [1.82, 2.24) is 40.4 Å². The molecule has 260 valence electrons. The quantitative estimate of drug-likeness (QED) is 0.275. The van der Waals surface area contributed by atoms with E-state index in [1.807, 2.05) is 33.8 Å². The van der Waals surface area contributed by atoms with Crippen molar-refractivity contribution >= 4 is 17.6 Å². The van der Waals surface area contributed by atoms with Crippen molar-refractivity contribution in [1.29, 1.82) is 0 Å². The second-order valence-electron chi connectivity index (χ2n) is 10.0. The fraction of sp³-hybridized carbons (Fsp3) is 0.667. The Kier molecular flexibility index (Phi) is 19.0. The molecule has 0 spiro atoms. The van der Waals surface area contributed by atoms with Gasteiger partial charge in [-0.05, 0) is 43.0 Å². The van der Waals surface area contributed by atoms with Crippen LogP contribution in [0, 0.1) is 6.92 Å². The van der Waals surface area contributed by atoms with Gasteiger partial charge in [-0.25, -0.2) is 27.7 Å². The van der Waals surface area contributed by atoms with Crippen molar-refractivity contribution in [2.45, 2.75) is 118 Å². The fourth-order valence-electron chi connectivity index (χ4n) is 3.95. The molecule has 4 heterocycles. The molecule has 3 aliphatic rings. The number of imidazole rings is 1. The van der Waals surface area contributed by atoms with Crippen molar-refractivity contribution in [2.75, 3.05) is 13.1 Å². The molecule has 1 aliphatic heterocycles. The highest BCUT2D eigenvalue weighted by Crippen LogP contribution is 2.32. The number of alkyl halides is 5. The Morgan fingerprint density at radius 1 is 1.02 bits per heavy atom. The first kappa shape index (κ1) is 40.2. The van der Waals surface area contributed by atoms with E-state index in [0.717, 1.165) is 24.9 Å². The Morgan fingerprint density at radius 2 is 1.63 bits per heavy atom. The molecule has 0 aromatic carbocycles. The summed E-state index contributed by atoms with van der Waals surface area (Å²) in [6.07, 6.45) is 11.5. The van der Waals surface area contributed by atoms with Crippen LogP contribution in [0.25, 0.3) is 5.65 Å². The van der Waals surface area contributed by atoms with E-state index in [4.69, 9.17) is 0 Å². The first-order valence-electron chi connectivity index (χ1n) is 15.8. The number of aromatic nitrogens is 5. The summed E-state index contributed by atoms with van der Waals surface area (Å²) < 4.78 is 59.6. The summed E-state index contributed by atoms with van der Waals surface area (Å²) >= 11 is 0. The number of carbonyl (C=O) groups is 2. The van der Waals surface area contributed by atoms with E-state index < -0.39 is 12.6 Å². The maximum absolute atomic E-state index is 12.2. The molecule has 2 saturated carbocycles. The zero-order valence-electron chi connectivity index (χ0n) is 27.3. The van der Waals surface area contributed by atoms with Crippen molar-refractivity contribution in [2.24, 2.45) is 0 Å². The van der Waals surface area contributed by atoms with Crippen molar-refractivity contribution in [3.05, 3.63) is 41.1 Å². The summed E-state index contributed by atoms with van der Waals surface area (Å²) in [4.78, 5) is 30.1. The van der Waals surface area contributed by atoms with Crippen LogP contribution < -0.4 is 10.6 Å². The maximum atomic E-state index is 12.2. The van der Waals surface area contributed by atoms with Crippen LogP contribution in [0.1, 0.15) is 113 Å². The van der Waals surface area contributed by atoms with E-state index >= 15 is 0 Å². The molecule has 0 radical (unpaired) electrons. The number of fused-ring (bicyclic) bond motifs is 1. The maximum Gasteiger partial charge on any atom is 0.379 e. The van der Waals surface area contributed by atoms with Gasteiger partial charge in [0.2, 0.25) is 5.92 Å². The molecule has 2 aliphatic carbocycles. The lowest BCUT2D eigenvalue weighted by atomic mass is 9.97. The molecule has 2 N–H and O–H groups in total. The third kappa shape index (κ3) is 15.9. The van der Waals surface area contributed by atoms with Gasteiger partial charge in [-0.3, -0.25) is 4.79 Å². The van der Waals surface area contributed by atoms with Gasteiger partial charge in [0.1, 0.15) is 5.69 Å². The SMILES string of the molecule is C1CC1.CC.CC.Cc1nonc1C(=O)NCc1cn2ncc(CN3CCCNC3=O)cc2n1.FC(F)F.FC1(F)CCCCC1. The Morgan fingerprint density at radius 3 is 2.13 bits per heavy atom. The lowest BCUT2D eigenvalue weighted by Gasteiger charge is -2.27. The molecule has 46 heavy (non-hydrogen) atoms. The van der Waals surface area contributed by atoms with E-state index in [-0.39, 0.29) is 37.0 Å². The van der Waals surface area contributed by atoms with Crippen LogP contribution in [0.4, 0.5) is 26.7 Å². The number of nitrogens with zero attached hydrogens (tertiary/aromatic N) is 6. The summed E-state index contributed by atoms with van der Waals surface area (Å²) in [5.74, 6) is -2.70. The topological polar surface area (TPSA) is 131 Å². The molecule has 11 nitrogen and oxygen atoms in total. The third-order valence-corrected chi connectivity index (χ3v) is 6.20. The van der Waals surface area contributed by atoms with Crippen molar-refractivity contribution in [3.8, 4) is 0 Å². The predicted molar refractivity (Wildman–Crippen MR) is 163 cm³/mol. The van der Waals surface area contributed by atoms with Crippen LogP contribution in [0.15, 0.2) is 23.1 Å². The molecule has 0 atom stereocenters. The first-order valence-corrected chi connectivity index (χ1v) is 15.8. The number of nitrogens with one attached hydrogen (secondary N) is 2. The molecule has 0 bridgehead atoms. The molecule has 6 rings (SSSR count). The van der Waals surface area contributed by atoms with Gasteiger partial charge >= 0.3 is 12.7 Å². The monoisotopic (exact) mass is 662 g/mol. The standard InChI is InChI=1S/C16H18N8O3.C6H10F2.C3H6.2C2H6.CHF3/c1-10-14(22-27-21-10)15(25)18-7-12-9-24-13(20-12)5-11(6-19-24)8-23-4-2-3-17-16(23)26;7-6(8)4-2-1-3-5-6;1-2-3-1;2*1-2;2-1(3)4/h5-6,9H,2-4,7-8H2,1H3,(H,17,26)(H,18,25);1-5H2;1-3H2;2*1-2H3;1H. The smallest absolute Gasteiger partial charge is 0.345 e. The Bertz CT molecular complexity index is 1270. The van der Waals surface area contributed by atoms with E-state index in [2.05, 4.69) is 35.7 Å². The van der Waals surface area contributed by atoms with Crippen LogP contribution in [-0.2, 0) is 13.1 Å². The van der Waals surface area contributed by atoms with E-state index in [1.54, 1.807) is 28.7 Å². The van der Waals surface area contributed by atoms with Crippen molar-refractivity contribution < 1.29 is 36.2 Å². The van der Waals surface area contributed by atoms with Gasteiger partial charge in [-0.2, -0.15) is 18.3 Å². The molecular weight excluding hydrogens is 615 g/mol. The van der Waals surface area contributed by atoms with Gasteiger partial charge in [0.15, 0.2) is 11.3 Å². The highest BCUT2D eigenvalue weighted by atomic mass is 19.4. The number of rotatable bonds is 5. The second-order valence-corrected chi connectivity index (χ2v) is 10.0. The number of hydrogen-bond acceptors (Lipinski definition) is 7. The Hall–Kier alpha value is -3.85. The summed E-state index contributed by atoms with van der Waals surface area (Å²) in [5, 5.41) is 17.0. The first-order chi connectivity index (χ1) is 22.0. The third-order valence-electron chi connectivity index (χ3n) is 6.20. The summed E-state index contributed by atoms with van der Waals surface area (Å²) in [6.45, 7) is 8.11. The lowest BCUT2D eigenvalue weighted by molar-refractivity contribution is -0.0337. The number of hydrogen-bond donors (Lipinski definition) is 2. The Labute approximate surface area is 266 Å². The molecule has 3 amide bonds. The zero-order chi connectivity index (χ0) is 34.5. The summed E-state index contributed by atoms with van der Waals surface area (Å²) in [6, 6.07) is 1.82. The van der Waals surface area contributed by atoms with Crippen LogP contribution in [0.5, 0.6) is 0 Å². The number of halogens is 5. The molecule has 16 heteroatoms. The van der Waals surface area contributed by atoms with Gasteiger partial charge in [0.05, 0.1) is 24.6 Å². The van der Waals surface area contributed by atoms with Crippen LogP contribution in [0.2, 0.25) is 0 Å². The number of carbonyl (C=O) groups excluding carboxylic acids is 2. The highest BCUT2D eigenvalue weighted by molar-refractivity contribution is 5.92. The molecule has 3 aromatic heterocycles. The average molecular weight is 663 g/mol. The largest absolute Gasteiger partial charge is 0.379 e. The number of urea groups is 1. The van der Waals surface area contributed by atoms with Crippen LogP contribution in [0.3, 0.4) is 0 Å². The second kappa shape index (κ2) is 21.8. The number of aryl methyl sites for hydroxylation is 1. The molecule has 0 unspecified atom stereocenters. The summed E-state index contributed by atoms with van der Waals surface area (Å²) in [7, 11) is 0. The molecule has 1 saturated heterocycles. The van der Waals surface area contributed by atoms with E-state index in [1.165, 1.54) is 19.3 Å². The van der Waals surface area contributed by atoms with Gasteiger partial charge in [-0.15, -0.1) is 0 Å². The molecular formula is C30H47F5N8O3. The average Bonchev–Trinajstić information content (AvgIpc) is 3.77. The molecule has 3 fully saturated rings. The normalized spacial score (nSPS) is 15.9. The van der Waals surface area contributed by atoms with Crippen LogP contribution >= 0.6 is 0 Å². The van der Waals surface area contributed by atoms with Gasteiger partial charge in [0.25, 0.3) is 5.91 Å². The number of amides is 3. The zero-order valence-corrected chi connectivity index (χ0v) is 27.3. The fourth-order valence-corrected chi connectivity index (χ4v) is 3.95. The highest BCUT2D eigenvalue weighted by Gasteiger charge is 2.30. The van der Waals surface area contributed by atoms with Gasteiger partial charge < -0.3 is 15.5 Å². The minimum atomic E-state index is -3.67. The van der Waals surface area contributed by atoms with Gasteiger partial charge in [0, 0.05) is 32.5 Å². The minimum Gasteiger partial charge on any atom is -0.345 e. The predicted octanol–water partition coefficient (Wildman–Crippen LogP) is 7.25. The van der Waals surface area contributed by atoms with Gasteiger partial charge in [-0.1, -0.05) is 58.5 Å². The Balaban J connectivity index is 0.000000455. The van der Waals surface area contributed by atoms with E-state index in [0.29, 0.717) is 43.0 Å². The van der Waals surface area contributed by atoms with Crippen LogP contribution in [-0.4, -0.2) is 67.4 Å².